The maximum absolute atomic E-state index is 7.73. The van der Waals surface area contributed by atoms with Gasteiger partial charge in [-0.25, -0.2) is 4.99 Å². The molecule has 0 radical (unpaired) electrons. The molecule has 0 amide bonds. The molecule has 0 unspecified atom stereocenters. The van der Waals surface area contributed by atoms with Gasteiger partial charge in [-0.05, 0) is 30.9 Å². The van der Waals surface area contributed by atoms with E-state index < -0.39 is 0 Å². The molecule has 0 spiro atoms. The lowest BCUT2D eigenvalue weighted by Crippen LogP contribution is -2.45. The Bertz CT molecular complexity index is 513. The van der Waals surface area contributed by atoms with Gasteiger partial charge in [0.05, 0.1) is 0 Å². The Balaban J connectivity index is 2.49. The standard InChI is InChI=1S/C14H25N7/c1-5-11-10(9-19-12(11)17-6-2)7-8-18-13(15)20-14(16)21(3)4/h6,9,19H,5,7-8H2,1-4H3,(H4,15,16,18,20)/b17-6-. The van der Waals surface area contributed by atoms with Crippen molar-refractivity contribution in [3.63, 3.8) is 0 Å². The summed E-state index contributed by atoms with van der Waals surface area (Å²) in [7, 11) is 3.51. The van der Waals surface area contributed by atoms with Gasteiger partial charge in [0.25, 0.3) is 0 Å². The van der Waals surface area contributed by atoms with Crippen LogP contribution in [0.1, 0.15) is 25.0 Å². The number of aromatic amines is 1. The summed E-state index contributed by atoms with van der Waals surface area (Å²) in [6.07, 6.45) is 5.48. The number of nitrogens with one attached hydrogen (secondary N) is 5. The van der Waals surface area contributed by atoms with E-state index in [1.54, 1.807) is 25.2 Å². The van der Waals surface area contributed by atoms with Gasteiger partial charge in [-0.1, -0.05) is 6.92 Å². The van der Waals surface area contributed by atoms with Gasteiger partial charge in [-0.15, -0.1) is 0 Å². The van der Waals surface area contributed by atoms with E-state index in [-0.39, 0.29) is 11.9 Å². The minimum absolute atomic E-state index is 0.133. The van der Waals surface area contributed by atoms with Crippen molar-refractivity contribution in [1.82, 2.24) is 20.5 Å². The van der Waals surface area contributed by atoms with Crippen molar-refractivity contribution in [3.8, 4) is 0 Å². The summed E-state index contributed by atoms with van der Waals surface area (Å²) in [5, 5.41) is 21.0. The van der Waals surface area contributed by atoms with Crippen LogP contribution in [-0.4, -0.2) is 48.7 Å². The molecule has 0 aliphatic heterocycles. The average Bonchev–Trinajstić information content (AvgIpc) is 2.81. The Morgan fingerprint density at radius 1 is 1.43 bits per heavy atom. The van der Waals surface area contributed by atoms with Crippen LogP contribution < -0.4 is 10.6 Å². The van der Waals surface area contributed by atoms with Crippen LogP contribution in [-0.2, 0) is 12.8 Å². The Kier molecular flexibility index (Phi) is 6.45. The summed E-state index contributed by atoms with van der Waals surface area (Å²) >= 11 is 0. The average molecular weight is 291 g/mol. The van der Waals surface area contributed by atoms with Crippen LogP contribution in [0.2, 0.25) is 0 Å². The normalized spacial score (nSPS) is 10.7. The molecule has 0 saturated carbocycles. The molecule has 21 heavy (non-hydrogen) atoms. The number of aliphatic imine (C=N–C) groups is 1. The molecule has 0 bridgehead atoms. The largest absolute Gasteiger partial charge is 0.356 e. The van der Waals surface area contributed by atoms with E-state index in [4.69, 9.17) is 10.8 Å². The first-order chi connectivity index (χ1) is 9.99. The monoisotopic (exact) mass is 291 g/mol. The van der Waals surface area contributed by atoms with Crippen LogP contribution >= 0.6 is 0 Å². The minimum atomic E-state index is 0.133. The van der Waals surface area contributed by atoms with Crippen molar-refractivity contribution in [2.45, 2.75) is 26.7 Å². The Labute approximate surface area is 125 Å². The second-order valence-corrected chi connectivity index (χ2v) is 4.80. The Hall–Kier alpha value is -2.31. The molecule has 7 heteroatoms. The van der Waals surface area contributed by atoms with Crippen LogP contribution in [0.15, 0.2) is 11.2 Å². The summed E-state index contributed by atoms with van der Waals surface area (Å²) in [4.78, 5) is 9.09. The number of nitrogens with zero attached hydrogens (tertiary/aromatic N) is 2. The Morgan fingerprint density at radius 2 is 2.14 bits per heavy atom. The summed E-state index contributed by atoms with van der Waals surface area (Å²) in [5.41, 5.74) is 2.43. The predicted octanol–water partition coefficient (Wildman–Crippen LogP) is 1.45. The molecule has 0 aliphatic rings. The van der Waals surface area contributed by atoms with E-state index in [1.807, 2.05) is 13.1 Å². The summed E-state index contributed by atoms with van der Waals surface area (Å²) in [6, 6.07) is 0. The van der Waals surface area contributed by atoms with E-state index in [0.717, 1.165) is 18.7 Å². The van der Waals surface area contributed by atoms with Crippen LogP contribution in [0.5, 0.6) is 0 Å². The van der Waals surface area contributed by atoms with E-state index in [1.165, 1.54) is 11.1 Å². The van der Waals surface area contributed by atoms with Crippen molar-refractivity contribution >= 4 is 24.0 Å². The van der Waals surface area contributed by atoms with Gasteiger partial charge >= 0.3 is 0 Å². The third-order valence-electron chi connectivity index (χ3n) is 3.06. The number of aromatic nitrogens is 1. The van der Waals surface area contributed by atoms with Crippen LogP contribution in [0.3, 0.4) is 0 Å². The third-order valence-corrected chi connectivity index (χ3v) is 3.06. The number of hydrogen-bond donors (Lipinski definition) is 5. The molecular formula is C14H25N7. The maximum Gasteiger partial charge on any atom is 0.197 e. The molecule has 116 valence electrons. The van der Waals surface area contributed by atoms with Crippen molar-refractivity contribution in [2.24, 2.45) is 4.99 Å². The first-order valence-corrected chi connectivity index (χ1v) is 7.02. The fraction of sp³-hybridized carbons (Fsp3) is 0.500. The topological polar surface area (TPSA) is 103 Å². The van der Waals surface area contributed by atoms with E-state index in [0.29, 0.717) is 6.54 Å². The zero-order chi connectivity index (χ0) is 15.8. The quantitative estimate of drug-likeness (QED) is 0.419. The van der Waals surface area contributed by atoms with Crippen molar-refractivity contribution in [3.05, 3.63) is 17.3 Å². The second kappa shape index (κ2) is 8.08. The second-order valence-electron chi connectivity index (χ2n) is 4.80. The van der Waals surface area contributed by atoms with E-state index in [9.17, 15) is 0 Å². The number of hydrogen-bond acceptors (Lipinski definition) is 3. The van der Waals surface area contributed by atoms with Crippen molar-refractivity contribution in [1.29, 1.82) is 10.8 Å². The van der Waals surface area contributed by atoms with Gasteiger partial charge in [0, 0.05) is 33.1 Å². The first kappa shape index (κ1) is 16.7. The molecular weight excluding hydrogens is 266 g/mol. The minimum Gasteiger partial charge on any atom is -0.356 e. The van der Waals surface area contributed by atoms with Gasteiger partial charge in [0.1, 0.15) is 5.82 Å². The van der Waals surface area contributed by atoms with Crippen LogP contribution in [0, 0.1) is 10.8 Å². The fourth-order valence-electron chi connectivity index (χ4n) is 1.94. The molecule has 0 atom stereocenters. The van der Waals surface area contributed by atoms with Gasteiger partial charge < -0.3 is 15.2 Å². The highest BCUT2D eigenvalue weighted by molar-refractivity contribution is 5.95. The lowest BCUT2D eigenvalue weighted by atomic mass is 10.1. The van der Waals surface area contributed by atoms with Gasteiger partial charge in [-0.2, -0.15) is 0 Å². The molecule has 1 aromatic rings. The summed E-state index contributed by atoms with van der Waals surface area (Å²) in [5.74, 6) is 1.23. The lowest BCUT2D eigenvalue weighted by Gasteiger charge is -2.16. The van der Waals surface area contributed by atoms with Crippen molar-refractivity contribution in [2.75, 3.05) is 20.6 Å². The summed E-state index contributed by atoms with van der Waals surface area (Å²) < 4.78 is 0. The van der Waals surface area contributed by atoms with Gasteiger partial charge in [0.15, 0.2) is 11.9 Å². The zero-order valence-electron chi connectivity index (χ0n) is 13.2. The van der Waals surface area contributed by atoms with E-state index >= 15 is 0 Å². The highest BCUT2D eigenvalue weighted by atomic mass is 15.3. The molecule has 1 aromatic heterocycles. The molecule has 0 saturated heterocycles. The smallest absolute Gasteiger partial charge is 0.197 e. The molecule has 0 fully saturated rings. The molecule has 0 aromatic carbocycles. The SMILES string of the molecule is C/C=N\c1[nH]cc(CCNC(=N)NC(=N)N(C)C)c1CC. The molecule has 1 rings (SSSR count). The highest BCUT2D eigenvalue weighted by Gasteiger charge is 2.08. The van der Waals surface area contributed by atoms with Gasteiger partial charge in [0.2, 0.25) is 0 Å². The fourth-order valence-corrected chi connectivity index (χ4v) is 1.94. The number of H-pyrrole nitrogens is 1. The third kappa shape index (κ3) is 4.94. The van der Waals surface area contributed by atoms with Crippen molar-refractivity contribution < 1.29 is 0 Å². The number of rotatable bonds is 5. The number of guanidine groups is 2. The van der Waals surface area contributed by atoms with E-state index in [2.05, 4.69) is 27.5 Å². The molecule has 5 N–H and O–H groups in total. The summed E-state index contributed by atoms with van der Waals surface area (Å²) in [6.45, 7) is 4.64. The highest BCUT2D eigenvalue weighted by Crippen LogP contribution is 2.22. The molecule has 7 nitrogen and oxygen atoms in total. The zero-order valence-corrected chi connectivity index (χ0v) is 13.2. The Morgan fingerprint density at radius 3 is 2.71 bits per heavy atom. The maximum atomic E-state index is 7.73. The van der Waals surface area contributed by atoms with Crippen LogP contribution in [0.4, 0.5) is 5.82 Å². The lowest BCUT2D eigenvalue weighted by molar-refractivity contribution is 0.597. The van der Waals surface area contributed by atoms with Gasteiger partial charge in [-0.3, -0.25) is 16.1 Å². The first-order valence-electron chi connectivity index (χ1n) is 7.02. The molecule has 1 heterocycles. The van der Waals surface area contributed by atoms with Crippen LogP contribution in [0.25, 0.3) is 0 Å². The molecule has 0 aliphatic carbocycles. The predicted molar refractivity (Wildman–Crippen MR) is 88.0 cm³/mol.